The molecule has 8 nitrogen and oxygen atoms in total. The summed E-state index contributed by atoms with van der Waals surface area (Å²) in [6.07, 6.45) is 6.49. The van der Waals surface area contributed by atoms with Crippen molar-refractivity contribution in [1.29, 1.82) is 0 Å². The number of nitrogens with one attached hydrogen (secondary N) is 1. The molecule has 178 valence electrons. The number of likely N-dealkylation sites (tertiary alicyclic amines) is 1. The summed E-state index contributed by atoms with van der Waals surface area (Å²) in [7, 11) is 0. The Morgan fingerprint density at radius 2 is 1.62 bits per heavy atom. The van der Waals surface area contributed by atoms with E-state index in [1.807, 2.05) is 55.8 Å². The van der Waals surface area contributed by atoms with Crippen LogP contribution in [0, 0.1) is 0 Å². The number of hydrogen-bond donors (Lipinski definition) is 1. The van der Waals surface area contributed by atoms with Crippen LogP contribution < -0.4 is 10.1 Å². The first-order chi connectivity index (χ1) is 16.3. The number of amides is 2. The topological polar surface area (TPSA) is 85.7 Å². The van der Waals surface area contributed by atoms with Crippen molar-refractivity contribution in [2.45, 2.75) is 45.3 Å². The van der Waals surface area contributed by atoms with E-state index in [-0.39, 0.29) is 18.0 Å². The maximum Gasteiger partial charge on any atom is 0.410 e. The summed E-state index contributed by atoms with van der Waals surface area (Å²) < 4.78 is 13.2. The second kappa shape index (κ2) is 9.99. The van der Waals surface area contributed by atoms with Crippen LogP contribution in [0.1, 0.15) is 50.1 Å². The van der Waals surface area contributed by atoms with Crippen molar-refractivity contribution >= 4 is 17.7 Å². The fourth-order valence-corrected chi connectivity index (χ4v) is 3.90. The van der Waals surface area contributed by atoms with Crippen LogP contribution in [0.25, 0.3) is 0 Å². The molecule has 1 aliphatic rings. The minimum absolute atomic E-state index is 0.144. The Labute approximate surface area is 199 Å². The van der Waals surface area contributed by atoms with Gasteiger partial charge in [0.05, 0.1) is 0 Å². The Balaban J connectivity index is 1.34. The molecule has 0 aliphatic carbocycles. The highest BCUT2D eigenvalue weighted by atomic mass is 16.6. The highest BCUT2D eigenvalue weighted by molar-refractivity contribution is 6.03. The largest absolute Gasteiger partial charge is 0.457 e. The fourth-order valence-electron chi connectivity index (χ4n) is 3.90. The molecular formula is C26H30N4O4. The molecule has 0 bridgehead atoms. The SMILES string of the molecule is CC(C)(C)OC(=O)N1CCC(n2cccc2C(=O)Nc2ccc(Oc3ccncc3)cc2)CC1. The number of aromatic nitrogens is 2. The van der Waals surface area contributed by atoms with E-state index in [0.29, 0.717) is 36.0 Å². The van der Waals surface area contributed by atoms with Gasteiger partial charge >= 0.3 is 6.09 Å². The lowest BCUT2D eigenvalue weighted by atomic mass is 10.0. The van der Waals surface area contributed by atoms with E-state index in [1.54, 1.807) is 41.6 Å². The maximum absolute atomic E-state index is 13.0. The number of rotatable bonds is 5. The second-order valence-corrected chi connectivity index (χ2v) is 9.26. The van der Waals surface area contributed by atoms with Gasteiger partial charge in [0.15, 0.2) is 0 Å². The molecule has 3 heterocycles. The number of hydrogen-bond acceptors (Lipinski definition) is 5. The van der Waals surface area contributed by atoms with Gasteiger partial charge in [0.1, 0.15) is 22.8 Å². The Kier molecular flexibility index (Phi) is 6.86. The lowest BCUT2D eigenvalue weighted by molar-refractivity contribution is 0.0187. The van der Waals surface area contributed by atoms with E-state index >= 15 is 0 Å². The number of nitrogens with zero attached hydrogens (tertiary/aromatic N) is 3. The summed E-state index contributed by atoms with van der Waals surface area (Å²) in [6, 6.07) is 14.6. The molecule has 0 saturated carbocycles. The molecule has 1 fully saturated rings. The normalized spacial score (nSPS) is 14.5. The van der Waals surface area contributed by atoms with Crippen molar-refractivity contribution < 1.29 is 19.1 Å². The van der Waals surface area contributed by atoms with Crippen molar-refractivity contribution in [1.82, 2.24) is 14.5 Å². The molecule has 34 heavy (non-hydrogen) atoms. The molecule has 0 radical (unpaired) electrons. The molecule has 0 spiro atoms. The smallest absolute Gasteiger partial charge is 0.410 e. The number of anilines is 1. The first-order valence-electron chi connectivity index (χ1n) is 11.4. The van der Waals surface area contributed by atoms with Gasteiger partial charge in [-0.2, -0.15) is 0 Å². The molecule has 1 saturated heterocycles. The van der Waals surface area contributed by atoms with Gasteiger partial charge in [-0.3, -0.25) is 9.78 Å². The van der Waals surface area contributed by atoms with E-state index in [1.165, 1.54) is 0 Å². The van der Waals surface area contributed by atoms with Gasteiger partial charge in [-0.05, 0) is 82.1 Å². The molecule has 8 heteroatoms. The van der Waals surface area contributed by atoms with Crippen molar-refractivity contribution in [3.8, 4) is 11.5 Å². The van der Waals surface area contributed by atoms with Crippen molar-refractivity contribution in [3.63, 3.8) is 0 Å². The first-order valence-corrected chi connectivity index (χ1v) is 11.4. The Hall–Kier alpha value is -3.81. The number of benzene rings is 1. The molecule has 2 amide bonds. The van der Waals surface area contributed by atoms with Crippen LogP contribution in [0.3, 0.4) is 0 Å². The highest BCUT2D eigenvalue weighted by Gasteiger charge is 2.28. The second-order valence-electron chi connectivity index (χ2n) is 9.26. The Morgan fingerprint density at radius 1 is 0.971 bits per heavy atom. The minimum atomic E-state index is -0.511. The molecule has 4 rings (SSSR count). The van der Waals surface area contributed by atoms with E-state index in [2.05, 4.69) is 10.3 Å². The molecular weight excluding hydrogens is 432 g/mol. The average Bonchev–Trinajstić information content (AvgIpc) is 3.30. The molecule has 1 aromatic carbocycles. The molecule has 2 aromatic heterocycles. The average molecular weight is 463 g/mol. The van der Waals surface area contributed by atoms with E-state index in [0.717, 1.165) is 12.8 Å². The van der Waals surface area contributed by atoms with E-state index in [9.17, 15) is 9.59 Å². The summed E-state index contributed by atoms with van der Waals surface area (Å²) in [4.78, 5) is 31.0. The van der Waals surface area contributed by atoms with Crippen LogP contribution in [-0.4, -0.2) is 45.1 Å². The zero-order valence-electron chi connectivity index (χ0n) is 19.7. The van der Waals surface area contributed by atoms with Gasteiger partial charge in [0.25, 0.3) is 5.91 Å². The van der Waals surface area contributed by atoms with Gasteiger partial charge in [0.2, 0.25) is 0 Å². The first kappa shape index (κ1) is 23.4. The molecule has 1 aliphatic heterocycles. The Morgan fingerprint density at radius 3 is 2.26 bits per heavy atom. The molecule has 3 aromatic rings. The molecule has 0 unspecified atom stereocenters. The van der Waals surface area contributed by atoms with E-state index in [4.69, 9.17) is 9.47 Å². The van der Waals surface area contributed by atoms with Gasteiger partial charge in [-0.25, -0.2) is 4.79 Å². The lowest BCUT2D eigenvalue weighted by Crippen LogP contribution is -2.42. The number of piperidine rings is 1. The summed E-state index contributed by atoms with van der Waals surface area (Å²) in [5.74, 6) is 1.19. The lowest BCUT2D eigenvalue weighted by Gasteiger charge is -2.34. The predicted molar refractivity (Wildman–Crippen MR) is 129 cm³/mol. The Bertz CT molecular complexity index is 1110. The van der Waals surface area contributed by atoms with Crippen LogP contribution in [0.2, 0.25) is 0 Å². The third-order valence-corrected chi connectivity index (χ3v) is 5.52. The third kappa shape index (κ3) is 5.95. The highest BCUT2D eigenvalue weighted by Crippen LogP contribution is 2.27. The van der Waals surface area contributed by atoms with Crippen molar-refractivity contribution in [2.75, 3.05) is 18.4 Å². The summed E-state index contributed by atoms with van der Waals surface area (Å²) in [5, 5.41) is 2.96. The quantitative estimate of drug-likeness (QED) is 0.541. The van der Waals surface area contributed by atoms with Gasteiger partial charge in [0, 0.05) is 43.4 Å². The zero-order chi connectivity index (χ0) is 24.1. The summed E-state index contributed by atoms with van der Waals surface area (Å²) in [6.45, 7) is 6.79. The summed E-state index contributed by atoms with van der Waals surface area (Å²) >= 11 is 0. The number of pyridine rings is 1. The maximum atomic E-state index is 13.0. The predicted octanol–water partition coefficient (Wildman–Crippen LogP) is 5.50. The monoisotopic (exact) mass is 462 g/mol. The van der Waals surface area contributed by atoms with Gasteiger partial charge in [-0.1, -0.05) is 0 Å². The fraction of sp³-hybridized carbons (Fsp3) is 0.346. The summed E-state index contributed by atoms with van der Waals surface area (Å²) in [5.41, 5.74) is 0.760. The standard InChI is InChI=1S/C26H30N4O4/c1-26(2,3)34-25(32)29-17-12-20(13-18-29)30-16-4-5-23(30)24(31)28-19-6-8-21(9-7-19)33-22-10-14-27-15-11-22/h4-11,14-16,20H,12-13,17-18H2,1-3H3,(H,28,31). The van der Waals surface area contributed by atoms with Gasteiger partial charge < -0.3 is 24.3 Å². The molecule has 1 N–H and O–H groups in total. The zero-order valence-corrected chi connectivity index (χ0v) is 19.7. The van der Waals surface area contributed by atoms with Gasteiger partial charge in [-0.15, -0.1) is 0 Å². The minimum Gasteiger partial charge on any atom is -0.457 e. The van der Waals surface area contributed by atoms with Crippen molar-refractivity contribution in [3.05, 3.63) is 72.8 Å². The van der Waals surface area contributed by atoms with Crippen LogP contribution in [-0.2, 0) is 4.74 Å². The van der Waals surface area contributed by atoms with Crippen LogP contribution in [0.4, 0.5) is 10.5 Å². The third-order valence-electron chi connectivity index (χ3n) is 5.52. The number of ether oxygens (including phenoxy) is 2. The van der Waals surface area contributed by atoms with Crippen LogP contribution in [0.5, 0.6) is 11.5 Å². The van der Waals surface area contributed by atoms with Crippen molar-refractivity contribution in [2.24, 2.45) is 0 Å². The molecule has 0 atom stereocenters. The van der Waals surface area contributed by atoms with Crippen LogP contribution in [0.15, 0.2) is 67.1 Å². The van der Waals surface area contributed by atoms with E-state index < -0.39 is 5.60 Å². The number of carbonyl (C=O) groups excluding carboxylic acids is 2. The van der Waals surface area contributed by atoms with Crippen LogP contribution >= 0.6 is 0 Å². The number of carbonyl (C=O) groups is 2.